The number of amidine groups is 1. The average Bonchev–Trinajstić information content (AvgIpc) is 3.39. The predicted molar refractivity (Wildman–Crippen MR) is 133 cm³/mol. The second-order valence-electron chi connectivity index (χ2n) is 10.1. The topological polar surface area (TPSA) is 84.4 Å². The Labute approximate surface area is 200 Å². The summed E-state index contributed by atoms with van der Waals surface area (Å²) in [7, 11) is 0. The Balaban J connectivity index is 1.26. The van der Waals surface area contributed by atoms with Crippen LogP contribution in [0.15, 0.2) is 48.7 Å². The summed E-state index contributed by atoms with van der Waals surface area (Å²) in [5.41, 5.74) is 3.60. The minimum atomic E-state index is -0.421. The van der Waals surface area contributed by atoms with Gasteiger partial charge >= 0.3 is 6.02 Å². The zero-order valence-corrected chi connectivity index (χ0v) is 20.4. The number of hydrogen-bond donors (Lipinski definition) is 3. The summed E-state index contributed by atoms with van der Waals surface area (Å²) in [4.78, 5) is 18.3. The van der Waals surface area contributed by atoms with Gasteiger partial charge in [0, 0.05) is 41.7 Å². The van der Waals surface area contributed by atoms with E-state index in [0.29, 0.717) is 11.6 Å². The lowest BCUT2D eigenvalue weighted by atomic mass is 9.75. The van der Waals surface area contributed by atoms with Crippen LogP contribution in [0.3, 0.4) is 0 Å². The molecular formula is C27H34N5O2+. The van der Waals surface area contributed by atoms with Crippen molar-refractivity contribution < 1.29 is 14.9 Å². The third-order valence-corrected chi connectivity index (χ3v) is 7.69. The molecular weight excluding hydrogens is 426 g/mol. The Morgan fingerprint density at radius 2 is 1.88 bits per heavy atom. The molecule has 0 aliphatic carbocycles. The zero-order valence-electron chi connectivity index (χ0n) is 20.4. The number of hydrogen-bond acceptors (Lipinski definition) is 3. The molecule has 3 N–H and O–H groups in total. The lowest BCUT2D eigenvalue weighted by Gasteiger charge is -2.33. The van der Waals surface area contributed by atoms with Crippen LogP contribution in [0.5, 0.6) is 0 Å². The standard InChI is InChI=1S/C27H33N5O2/c1-17(2)27(19(4)28-26(34)29-27)22-8-6-20(7-9-22)25(33)31-13-11-23(12-14-31)32-16-21-15-18(3)5-10-24(21)30-32/h5-10,15-17,19,23H,11-14H2,1-4H3,(H2,28,29,34)/p+1/t19?,27-/m0/s1. The van der Waals surface area contributed by atoms with Gasteiger partial charge in [0.2, 0.25) is 0 Å². The number of benzene rings is 2. The molecule has 2 aliphatic heterocycles. The molecule has 178 valence electrons. The van der Waals surface area contributed by atoms with Crippen molar-refractivity contribution in [2.24, 2.45) is 5.92 Å². The number of carbonyl (C=O) groups is 1. The summed E-state index contributed by atoms with van der Waals surface area (Å²) in [6.45, 7) is 9.88. The lowest BCUT2D eigenvalue weighted by molar-refractivity contribution is -0.507. The number of nitrogens with zero attached hydrogens (tertiary/aromatic N) is 3. The molecule has 1 aromatic heterocycles. The molecule has 5 rings (SSSR count). The van der Waals surface area contributed by atoms with Gasteiger partial charge in [0.15, 0.2) is 5.54 Å². The first kappa shape index (κ1) is 22.4. The Kier molecular flexibility index (Phi) is 5.58. The molecule has 3 heterocycles. The maximum Gasteiger partial charge on any atom is 0.440 e. The smallest absolute Gasteiger partial charge is 0.440 e. The maximum atomic E-state index is 13.2. The molecule has 0 spiro atoms. The van der Waals surface area contributed by atoms with Crippen molar-refractivity contribution in [2.75, 3.05) is 13.1 Å². The van der Waals surface area contributed by atoms with Crippen molar-refractivity contribution in [3.05, 3.63) is 65.4 Å². The molecule has 2 atom stereocenters. The van der Waals surface area contributed by atoms with E-state index in [1.807, 2.05) is 29.2 Å². The third kappa shape index (κ3) is 3.73. The molecule has 0 radical (unpaired) electrons. The van der Waals surface area contributed by atoms with Gasteiger partial charge in [0.05, 0.1) is 11.6 Å². The Hall–Kier alpha value is -3.35. The van der Waals surface area contributed by atoms with Crippen LogP contribution in [0.2, 0.25) is 0 Å². The van der Waals surface area contributed by atoms with E-state index in [1.165, 1.54) is 10.9 Å². The molecule has 1 fully saturated rings. The number of piperidine rings is 1. The fraction of sp³-hybridized carbons (Fsp3) is 0.444. The maximum absolute atomic E-state index is 13.2. The first-order valence-corrected chi connectivity index (χ1v) is 12.2. The van der Waals surface area contributed by atoms with Crippen LogP contribution >= 0.6 is 0 Å². The quantitative estimate of drug-likeness (QED) is 0.559. The number of rotatable bonds is 4. The van der Waals surface area contributed by atoms with E-state index < -0.39 is 5.54 Å². The van der Waals surface area contributed by atoms with Gasteiger partial charge in [0.1, 0.15) is 6.04 Å². The number of carbonyl (C=O) groups excluding carboxylic acids is 1. The van der Waals surface area contributed by atoms with Gasteiger partial charge in [-0.2, -0.15) is 5.10 Å². The summed E-state index contributed by atoms with van der Waals surface area (Å²) in [6, 6.07) is 14.6. The highest BCUT2D eigenvalue weighted by Crippen LogP contribution is 2.33. The molecule has 0 bridgehead atoms. The molecule has 1 saturated heterocycles. The first-order chi connectivity index (χ1) is 16.3. The van der Waals surface area contributed by atoms with E-state index in [4.69, 9.17) is 5.10 Å². The SMILES string of the molecule is Cc1ccc2nn(C3CCN(C(=O)c4ccc([C@@]5(C(C)C)NC(O)=[NH+]C5C)cc4)CC3)cc2c1. The van der Waals surface area contributed by atoms with Crippen LogP contribution in [0, 0.1) is 12.8 Å². The van der Waals surface area contributed by atoms with E-state index in [0.717, 1.165) is 37.0 Å². The van der Waals surface area contributed by atoms with Crippen molar-refractivity contribution in [3.63, 3.8) is 0 Å². The average molecular weight is 461 g/mol. The Morgan fingerprint density at radius 3 is 2.50 bits per heavy atom. The summed E-state index contributed by atoms with van der Waals surface area (Å²) >= 11 is 0. The number of nitrogens with one attached hydrogen (secondary N) is 2. The summed E-state index contributed by atoms with van der Waals surface area (Å²) < 4.78 is 2.09. The van der Waals surface area contributed by atoms with Crippen molar-refractivity contribution >= 4 is 22.8 Å². The summed E-state index contributed by atoms with van der Waals surface area (Å²) in [6.07, 6.45) is 3.93. The van der Waals surface area contributed by atoms with Crippen LogP contribution in [0.4, 0.5) is 0 Å². The van der Waals surface area contributed by atoms with E-state index in [-0.39, 0.29) is 23.9 Å². The molecule has 34 heavy (non-hydrogen) atoms. The monoisotopic (exact) mass is 460 g/mol. The van der Waals surface area contributed by atoms with E-state index in [1.54, 1.807) is 0 Å². The highest BCUT2D eigenvalue weighted by atomic mass is 16.3. The van der Waals surface area contributed by atoms with Crippen LogP contribution in [0.25, 0.3) is 10.9 Å². The van der Waals surface area contributed by atoms with Gasteiger partial charge in [-0.15, -0.1) is 0 Å². The number of likely N-dealkylation sites (tertiary alicyclic amines) is 1. The van der Waals surface area contributed by atoms with Crippen molar-refractivity contribution in [3.8, 4) is 0 Å². The predicted octanol–water partition coefficient (Wildman–Crippen LogP) is 2.66. The van der Waals surface area contributed by atoms with E-state index >= 15 is 0 Å². The molecule has 2 aromatic carbocycles. The minimum Gasteiger partial charge on any atom is -0.447 e. The number of aliphatic hydroxyl groups excluding tert-OH is 1. The minimum absolute atomic E-state index is 0.0240. The van der Waals surface area contributed by atoms with Gasteiger partial charge in [0.25, 0.3) is 5.91 Å². The van der Waals surface area contributed by atoms with Crippen LogP contribution < -0.4 is 10.3 Å². The molecule has 3 aromatic rings. The van der Waals surface area contributed by atoms with E-state index in [2.05, 4.69) is 67.1 Å². The van der Waals surface area contributed by atoms with Crippen LogP contribution in [-0.2, 0) is 5.54 Å². The zero-order chi connectivity index (χ0) is 24.0. The summed E-state index contributed by atoms with van der Waals surface area (Å²) in [5.74, 6) is 0.313. The summed E-state index contributed by atoms with van der Waals surface area (Å²) in [5, 5.41) is 19.2. The van der Waals surface area contributed by atoms with Crippen molar-refractivity contribution in [2.45, 2.75) is 58.2 Å². The number of amides is 1. The highest BCUT2D eigenvalue weighted by molar-refractivity contribution is 5.94. The number of aliphatic hydroxyl groups is 1. The van der Waals surface area contributed by atoms with Gasteiger partial charge < -0.3 is 10.0 Å². The van der Waals surface area contributed by atoms with E-state index in [9.17, 15) is 9.90 Å². The second kappa shape index (κ2) is 8.46. The Morgan fingerprint density at radius 1 is 1.18 bits per heavy atom. The molecule has 7 nitrogen and oxygen atoms in total. The second-order valence-corrected chi connectivity index (χ2v) is 10.1. The fourth-order valence-electron chi connectivity index (χ4n) is 5.71. The van der Waals surface area contributed by atoms with Gasteiger partial charge in [-0.25, -0.2) is 10.3 Å². The molecule has 1 unspecified atom stereocenters. The Bertz CT molecular complexity index is 1240. The van der Waals surface area contributed by atoms with Crippen LogP contribution in [0.1, 0.15) is 61.1 Å². The largest absolute Gasteiger partial charge is 0.447 e. The normalized spacial score (nSPS) is 23.4. The van der Waals surface area contributed by atoms with Gasteiger partial charge in [-0.3, -0.25) is 9.48 Å². The number of aryl methyl sites for hydroxylation is 1. The van der Waals surface area contributed by atoms with Crippen LogP contribution in [-0.4, -0.2) is 50.8 Å². The molecule has 2 aliphatic rings. The van der Waals surface area contributed by atoms with Crippen molar-refractivity contribution in [1.29, 1.82) is 0 Å². The fourth-order valence-corrected chi connectivity index (χ4v) is 5.71. The number of aromatic nitrogens is 2. The first-order valence-electron chi connectivity index (χ1n) is 12.2. The third-order valence-electron chi connectivity index (χ3n) is 7.69. The van der Waals surface area contributed by atoms with Gasteiger partial charge in [-0.05, 0) is 51.0 Å². The molecule has 0 saturated carbocycles. The lowest BCUT2D eigenvalue weighted by Crippen LogP contribution is -2.78. The highest BCUT2D eigenvalue weighted by Gasteiger charge is 2.52. The van der Waals surface area contributed by atoms with Crippen molar-refractivity contribution in [1.82, 2.24) is 20.0 Å². The molecule has 7 heteroatoms. The molecule has 1 amide bonds. The number of fused-ring (bicyclic) bond motifs is 1. The van der Waals surface area contributed by atoms with Gasteiger partial charge in [-0.1, -0.05) is 37.6 Å².